The van der Waals surface area contributed by atoms with Crippen molar-refractivity contribution in [3.63, 3.8) is 0 Å². The predicted octanol–water partition coefficient (Wildman–Crippen LogP) is 4.39. The van der Waals surface area contributed by atoms with E-state index >= 15 is 0 Å². The van der Waals surface area contributed by atoms with Crippen molar-refractivity contribution in [2.75, 3.05) is 0 Å². The van der Waals surface area contributed by atoms with E-state index in [9.17, 15) is 8.42 Å². The highest BCUT2D eigenvalue weighted by atomic mass is 35.5. The van der Waals surface area contributed by atoms with Crippen molar-refractivity contribution in [2.24, 2.45) is 0 Å². The summed E-state index contributed by atoms with van der Waals surface area (Å²) in [5.74, 6) is 0.0507. The average molecular weight is 315 g/mol. The second kappa shape index (κ2) is 5.65. The third-order valence-corrected chi connectivity index (χ3v) is 6.63. The molecule has 0 aliphatic carbocycles. The number of sulfone groups is 1. The standard InChI is InChI=1S/C14H15ClO2S2/c1-10-8-13(15)6-5-12(10)9-19(16,17)11(2)14-4-3-7-18-14/h3-8,11H,9H2,1-2H3. The number of hydrogen-bond acceptors (Lipinski definition) is 3. The van der Waals surface area contributed by atoms with Gasteiger partial charge in [-0.05, 0) is 48.6 Å². The van der Waals surface area contributed by atoms with Crippen LogP contribution in [0.1, 0.15) is 28.2 Å². The van der Waals surface area contributed by atoms with Crippen molar-refractivity contribution in [1.82, 2.24) is 0 Å². The molecular formula is C14H15ClO2S2. The molecule has 0 saturated carbocycles. The molecule has 0 amide bonds. The summed E-state index contributed by atoms with van der Waals surface area (Å²) in [6, 6.07) is 9.05. The van der Waals surface area contributed by atoms with Crippen LogP contribution < -0.4 is 0 Å². The van der Waals surface area contributed by atoms with Gasteiger partial charge in [-0.15, -0.1) is 11.3 Å². The van der Waals surface area contributed by atoms with Crippen LogP contribution in [0.15, 0.2) is 35.7 Å². The minimum Gasteiger partial charge on any atom is -0.228 e. The van der Waals surface area contributed by atoms with Gasteiger partial charge in [0, 0.05) is 9.90 Å². The summed E-state index contributed by atoms with van der Waals surface area (Å²) in [4.78, 5) is 0.881. The quantitative estimate of drug-likeness (QED) is 0.839. The molecule has 1 atom stereocenters. The molecule has 0 radical (unpaired) electrons. The van der Waals surface area contributed by atoms with Crippen LogP contribution in [0.3, 0.4) is 0 Å². The molecule has 0 aliphatic heterocycles. The summed E-state index contributed by atoms with van der Waals surface area (Å²) in [7, 11) is -3.20. The van der Waals surface area contributed by atoms with E-state index in [2.05, 4.69) is 0 Å². The molecule has 0 spiro atoms. The number of rotatable bonds is 4. The van der Waals surface area contributed by atoms with Gasteiger partial charge in [-0.25, -0.2) is 8.42 Å². The van der Waals surface area contributed by atoms with E-state index in [1.54, 1.807) is 25.1 Å². The Morgan fingerprint density at radius 2 is 2.05 bits per heavy atom. The molecule has 1 aromatic carbocycles. The van der Waals surface area contributed by atoms with Gasteiger partial charge in [-0.2, -0.15) is 0 Å². The van der Waals surface area contributed by atoms with Gasteiger partial charge < -0.3 is 0 Å². The topological polar surface area (TPSA) is 34.1 Å². The summed E-state index contributed by atoms with van der Waals surface area (Å²) in [5.41, 5.74) is 1.72. The van der Waals surface area contributed by atoms with E-state index in [-0.39, 0.29) is 5.75 Å². The number of thiophene rings is 1. The lowest BCUT2D eigenvalue weighted by Gasteiger charge is -2.13. The van der Waals surface area contributed by atoms with Gasteiger partial charge in [0.2, 0.25) is 0 Å². The number of benzene rings is 1. The van der Waals surface area contributed by atoms with Crippen molar-refractivity contribution in [1.29, 1.82) is 0 Å². The molecular weight excluding hydrogens is 300 g/mol. The summed E-state index contributed by atoms with van der Waals surface area (Å²) in [6.07, 6.45) is 0. The van der Waals surface area contributed by atoms with Crippen LogP contribution in [-0.2, 0) is 15.6 Å². The normalized spacial score (nSPS) is 13.4. The maximum Gasteiger partial charge on any atom is 0.161 e. The molecule has 0 fully saturated rings. The van der Waals surface area contributed by atoms with Crippen LogP contribution in [0.5, 0.6) is 0 Å². The molecule has 0 saturated heterocycles. The van der Waals surface area contributed by atoms with Crippen molar-refractivity contribution < 1.29 is 8.42 Å². The Balaban J connectivity index is 2.26. The Kier molecular flexibility index (Phi) is 4.33. The Hall–Kier alpha value is -0.840. The molecule has 0 bridgehead atoms. The molecule has 1 heterocycles. The minimum atomic E-state index is -3.20. The van der Waals surface area contributed by atoms with Gasteiger partial charge in [0.1, 0.15) is 0 Å². The molecule has 102 valence electrons. The zero-order chi connectivity index (χ0) is 14.0. The largest absolute Gasteiger partial charge is 0.228 e. The van der Waals surface area contributed by atoms with Crippen LogP contribution in [0.4, 0.5) is 0 Å². The fourth-order valence-corrected chi connectivity index (χ4v) is 4.80. The van der Waals surface area contributed by atoms with E-state index in [0.717, 1.165) is 16.0 Å². The highest BCUT2D eigenvalue weighted by Crippen LogP contribution is 2.29. The number of aryl methyl sites for hydroxylation is 1. The highest BCUT2D eigenvalue weighted by Gasteiger charge is 2.24. The first kappa shape index (κ1) is 14.6. The lowest BCUT2D eigenvalue weighted by Crippen LogP contribution is -2.12. The molecule has 5 heteroatoms. The maximum absolute atomic E-state index is 12.4. The smallest absolute Gasteiger partial charge is 0.161 e. The Labute approximate surface area is 123 Å². The van der Waals surface area contributed by atoms with Crippen LogP contribution in [-0.4, -0.2) is 8.42 Å². The van der Waals surface area contributed by atoms with Gasteiger partial charge in [0.25, 0.3) is 0 Å². The van der Waals surface area contributed by atoms with E-state index in [0.29, 0.717) is 5.02 Å². The molecule has 1 unspecified atom stereocenters. The molecule has 0 aliphatic rings. The summed E-state index contributed by atoms with van der Waals surface area (Å²) < 4.78 is 24.8. The summed E-state index contributed by atoms with van der Waals surface area (Å²) in [6.45, 7) is 3.62. The predicted molar refractivity (Wildman–Crippen MR) is 81.5 cm³/mol. The lowest BCUT2D eigenvalue weighted by molar-refractivity contribution is 0.586. The lowest BCUT2D eigenvalue weighted by atomic mass is 10.1. The van der Waals surface area contributed by atoms with Crippen molar-refractivity contribution in [3.05, 3.63) is 56.7 Å². The first-order chi connectivity index (χ1) is 8.90. The van der Waals surface area contributed by atoms with Crippen LogP contribution >= 0.6 is 22.9 Å². The fourth-order valence-electron chi connectivity index (χ4n) is 1.86. The van der Waals surface area contributed by atoms with E-state index in [1.165, 1.54) is 11.3 Å². The van der Waals surface area contributed by atoms with Gasteiger partial charge in [-0.3, -0.25) is 0 Å². The van der Waals surface area contributed by atoms with Gasteiger partial charge in [0.15, 0.2) is 9.84 Å². The zero-order valence-electron chi connectivity index (χ0n) is 10.8. The average Bonchev–Trinajstić information content (AvgIpc) is 2.85. The molecule has 2 rings (SSSR count). The van der Waals surface area contributed by atoms with Crippen LogP contribution in [0.2, 0.25) is 5.02 Å². The maximum atomic E-state index is 12.4. The molecule has 2 aromatic rings. The number of halogens is 1. The van der Waals surface area contributed by atoms with Gasteiger partial charge >= 0.3 is 0 Å². The first-order valence-electron chi connectivity index (χ1n) is 5.90. The SMILES string of the molecule is Cc1cc(Cl)ccc1CS(=O)(=O)C(C)c1cccs1. The Morgan fingerprint density at radius 3 is 2.63 bits per heavy atom. The monoisotopic (exact) mass is 314 g/mol. The van der Waals surface area contributed by atoms with Crippen molar-refractivity contribution in [2.45, 2.75) is 24.9 Å². The second-order valence-electron chi connectivity index (χ2n) is 4.54. The zero-order valence-corrected chi connectivity index (χ0v) is 13.1. The number of hydrogen-bond donors (Lipinski definition) is 0. The first-order valence-corrected chi connectivity index (χ1v) is 8.87. The van der Waals surface area contributed by atoms with E-state index in [1.807, 2.05) is 24.4 Å². The Morgan fingerprint density at radius 1 is 1.32 bits per heavy atom. The summed E-state index contributed by atoms with van der Waals surface area (Å²) >= 11 is 7.36. The third-order valence-electron chi connectivity index (χ3n) is 3.14. The molecule has 2 nitrogen and oxygen atoms in total. The molecule has 1 aromatic heterocycles. The Bertz CT molecular complexity index is 661. The summed E-state index contributed by atoms with van der Waals surface area (Å²) in [5, 5.41) is 2.06. The van der Waals surface area contributed by atoms with Gasteiger partial charge in [-0.1, -0.05) is 23.7 Å². The van der Waals surface area contributed by atoms with E-state index in [4.69, 9.17) is 11.6 Å². The second-order valence-corrected chi connectivity index (χ2v) is 8.27. The van der Waals surface area contributed by atoms with E-state index < -0.39 is 15.1 Å². The molecule has 0 N–H and O–H groups in total. The highest BCUT2D eigenvalue weighted by molar-refractivity contribution is 7.91. The third kappa shape index (κ3) is 3.38. The van der Waals surface area contributed by atoms with Gasteiger partial charge in [0.05, 0.1) is 11.0 Å². The molecule has 19 heavy (non-hydrogen) atoms. The van der Waals surface area contributed by atoms with Crippen molar-refractivity contribution in [3.8, 4) is 0 Å². The fraction of sp³-hybridized carbons (Fsp3) is 0.286. The minimum absolute atomic E-state index is 0.0507. The van der Waals surface area contributed by atoms with Crippen LogP contribution in [0, 0.1) is 6.92 Å². The van der Waals surface area contributed by atoms with Crippen LogP contribution in [0.25, 0.3) is 0 Å². The van der Waals surface area contributed by atoms with Crippen molar-refractivity contribution >= 4 is 32.8 Å².